The number of hydrogen-bond donors (Lipinski definition) is 1. The fraction of sp³-hybridized carbons (Fsp3) is 0.391. The van der Waals surface area contributed by atoms with E-state index in [1.54, 1.807) is 0 Å². The van der Waals surface area contributed by atoms with Gasteiger partial charge in [-0.3, -0.25) is 4.90 Å². The van der Waals surface area contributed by atoms with Gasteiger partial charge in [0.05, 0.1) is 5.75 Å². The van der Waals surface area contributed by atoms with E-state index < -0.39 is 10.0 Å². The predicted octanol–water partition coefficient (Wildman–Crippen LogP) is 3.50. The number of primary sulfonamides is 1. The van der Waals surface area contributed by atoms with Crippen molar-refractivity contribution < 1.29 is 8.42 Å². The molecule has 0 saturated carbocycles. The van der Waals surface area contributed by atoms with E-state index in [0.29, 0.717) is 12.3 Å². The fourth-order valence-corrected chi connectivity index (χ4v) is 5.00. The second kappa shape index (κ2) is 9.52. The summed E-state index contributed by atoms with van der Waals surface area (Å²) in [6, 6.07) is 16.9. The van der Waals surface area contributed by atoms with E-state index in [2.05, 4.69) is 65.2 Å². The molecular weight excluding hydrogens is 418 g/mol. The number of halogens is 1. The molecule has 2 aromatic carbocycles. The summed E-state index contributed by atoms with van der Waals surface area (Å²) in [4.78, 5) is 2.54. The molecule has 5 nitrogen and oxygen atoms in total. The van der Waals surface area contributed by atoms with Gasteiger partial charge in [-0.1, -0.05) is 36.4 Å². The van der Waals surface area contributed by atoms with Crippen molar-refractivity contribution in [3.05, 3.63) is 71.4 Å². The summed E-state index contributed by atoms with van der Waals surface area (Å²) in [7, 11) is -1.37. The van der Waals surface area contributed by atoms with Crippen molar-refractivity contribution in [2.45, 2.75) is 25.8 Å². The Morgan fingerprint density at radius 2 is 1.87 bits per heavy atom. The Balaban J connectivity index is 0.00000256. The smallest absolute Gasteiger partial charge is 0.209 e. The van der Waals surface area contributed by atoms with Crippen LogP contribution in [-0.4, -0.2) is 36.7 Å². The molecule has 7 heteroatoms. The molecule has 1 fully saturated rings. The van der Waals surface area contributed by atoms with Crippen LogP contribution in [0.2, 0.25) is 0 Å². The van der Waals surface area contributed by atoms with Crippen molar-refractivity contribution in [2.24, 2.45) is 18.1 Å². The zero-order valence-electron chi connectivity index (χ0n) is 17.3. The molecule has 1 aliphatic rings. The van der Waals surface area contributed by atoms with Gasteiger partial charge in [-0.25, -0.2) is 13.6 Å². The van der Waals surface area contributed by atoms with Gasteiger partial charge in [0, 0.05) is 37.2 Å². The monoisotopic (exact) mass is 447 g/mol. The Labute approximate surface area is 185 Å². The number of rotatable bonds is 7. The van der Waals surface area contributed by atoms with Crippen molar-refractivity contribution in [1.82, 2.24) is 9.47 Å². The quantitative estimate of drug-likeness (QED) is 0.602. The summed E-state index contributed by atoms with van der Waals surface area (Å²) in [6.07, 6.45) is 4.96. The van der Waals surface area contributed by atoms with E-state index in [1.807, 2.05) is 6.07 Å². The summed E-state index contributed by atoms with van der Waals surface area (Å²) >= 11 is 0. The average molecular weight is 448 g/mol. The second-order valence-corrected chi connectivity index (χ2v) is 10.0. The first-order valence-electron chi connectivity index (χ1n) is 10.2. The Morgan fingerprint density at radius 1 is 1.10 bits per heavy atom. The van der Waals surface area contributed by atoms with Gasteiger partial charge in [-0.15, -0.1) is 12.4 Å². The lowest BCUT2D eigenvalue weighted by Crippen LogP contribution is -2.20. The van der Waals surface area contributed by atoms with E-state index in [4.69, 9.17) is 5.14 Å². The molecule has 0 spiro atoms. The van der Waals surface area contributed by atoms with Gasteiger partial charge >= 0.3 is 0 Å². The molecule has 3 aromatic rings. The van der Waals surface area contributed by atoms with E-state index >= 15 is 0 Å². The standard InChI is InChI=1S/C23H29N3O2S.ClH/c1-25-17-21(22-14-18(7-8-23(22)25)10-12-29(24,27)28)13-20-9-11-26(16-20)15-19-5-3-2-4-6-19;/h2-8,14,17,20H,9-13,15-16H2,1H3,(H2,24,27,28);1H. The molecule has 2 N–H and O–H groups in total. The molecule has 0 radical (unpaired) electrons. The van der Waals surface area contributed by atoms with Crippen LogP contribution >= 0.6 is 12.4 Å². The number of fused-ring (bicyclic) bond motifs is 1. The normalized spacial score (nSPS) is 17.3. The number of nitrogens with two attached hydrogens (primary N) is 1. The molecule has 0 aliphatic carbocycles. The van der Waals surface area contributed by atoms with Gasteiger partial charge in [-0.2, -0.15) is 0 Å². The van der Waals surface area contributed by atoms with Crippen molar-refractivity contribution in [2.75, 3.05) is 18.8 Å². The molecule has 1 saturated heterocycles. The summed E-state index contributed by atoms with van der Waals surface area (Å²) in [6.45, 7) is 3.28. The molecule has 1 atom stereocenters. The zero-order chi connectivity index (χ0) is 20.4. The van der Waals surface area contributed by atoms with Gasteiger partial charge in [-0.05, 0) is 60.5 Å². The molecular formula is C23H30ClN3O2S. The molecule has 2 heterocycles. The van der Waals surface area contributed by atoms with E-state index in [-0.39, 0.29) is 18.2 Å². The van der Waals surface area contributed by atoms with Crippen LogP contribution < -0.4 is 5.14 Å². The van der Waals surface area contributed by atoms with Crippen molar-refractivity contribution >= 4 is 33.3 Å². The summed E-state index contributed by atoms with van der Waals surface area (Å²) in [5.74, 6) is 0.634. The largest absolute Gasteiger partial charge is 0.350 e. The van der Waals surface area contributed by atoms with Gasteiger partial charge in [0.25, 0.3) is 0 Å². The highest BCUT2D eigenvalue weighted by Crippen LogP contribution is 2.28. The lowest BCUT2D eigenvalue weighted by Gasteiger charge is -2.16. The minimum atomic E-state index is -3.44. The molecule has 1 aliphatic heterocycles. The number of aromatic nitrogens is 1. The zero-order valence-corrected chi connectivity index (χ0v) is 19.0. The van der Waals surface area contributed by atoms with Gasteiger partial charge < -0.3 is 4.57 Å². The maximum atomic E-state index is 11.3. The van der Waals surface area contributed by atoms with Crippen LogP contribution in [0.4, 0.5) is 0 Å². The van der Waals surface area contributed by atoms with Gasteiger partial charge in [0.15, 0.2) is 0 Å². The van der Waals surface area contributed by atoms with Crippen molar-refractivity contribution in [1.29, 1.82) is 0 Å². The summed E-state index contributed by atoms with van der Waals surface area (Å²) in [5, 5.41) is 6.41. The molecule has 1 unspecified atom stereocenters. The minimum Gasteiger partial charge on any atom is -0.350 e. The number of aryl methyl sites for hydroxylation is 2. The van der Waals surface area contributed by atoms with E-state index in [1.165, 1.54) is 28.5 Å². The highest BCUT2D eigenvalue weighted by atomic mass is 35.5. The first-order chi connectivity index (χ1) is 13.9. The average Bonchev–Trinajstić information content (AvgIpc) is 3.25. The predicted molar refractivity (Wildman–Crippen MR) is 125 cm³/mol. The molecule has 30 heavy (non-hydrogen) atoms. The lowest BCUT2D eigenvalue weighted by molar-refractivity contribution is 0.316. The van der Waals surface area contributed by atoms with Crippen molar-refractivity contribution in [3.63, 3.8) is 0 Å². The van der Waals surface area contributed by atoms with Gasteiger partial charge in [0.1, 0.15) is 0 Å². The third-order valence-corrected chi connectivity index (χ3v) is 6.71. The Bertz CT molecular complexity index is 1100. The molecule has 0 amide bonds. The van der Waals surface area contributed by atoms with Crippen LogP contribution in [0, 0.1) is 5.92 Å². The van der Waals surface area contributed by atoms with Crippen LogP contribution in [0.25, 0.3) is 10.9 Å². The maximum Gasteiger partial charge on any atom is 0.209 e. The maximum absolute atomic E-state index is 11.3. The highest BCUT2D eigenvalue weighted by Gasteiger charge is 2.24. The molecule has 1 aromatic heterocycles. The first kappa shape index (κ1) is 22.8. The SMILES string of the molecule is Cl.Cn1cc(CC2CCN(Cc3ccccc3)C2)c2cc(CCS(N)(=O)=O)ccc21. The molecule has 4 rings (SSSR count). The third kappa shape index (κ3) is 5.64. The number of nitrogens with zero attached hydrogens (tertiary/aromatic N) is 2. The summed E-state index contributed by atoms with van der Waals surface area (Å²) < 4.78 is 24.8. The van der Waals surface area contributed by atoms with Gasteiger partial charge in [0.2, 0.25) is 10.0 Å². The topological polar surface area (TPSA) is 68.3 Å². The first-order valence-corrected chi connectivity index (χ1v) is 11.9. The van der Waals surface area contributed by atoms with Crippen LogP contribution in [0.15, 0.2) is 54.7 Å². The second-order valence-electron chi connectivity index (χ2n) is 8.31. The fourth-order valence-electron chi connectivity index (χ4n) is 4.47. The Morgan fingerprint density at radius 3 is 2.60 bits per heavy atom. The summed E-state index contributed by atoms with van der Waals surface area (Å²) in [5.41, 5.74) is 4.94. The Kier molecular flexibility index (Phi) is 7.24. The third-order valence-electron chi connectivity index (χ3n) is 5.94. The molecule has 162 valence electrons. The molecule has 0 bridgehead atoms. The number of benzene rings is 2. The Hall–Kier alpha value is -1.86. The lowest BCUT2D eigenvalue weighted by atomic mass is 9.97. The number of hydrogen-bond acceptors (Lipinski definition) is 3. The van der Waals surface area contributed by atoms with E-state index in [9.17, 15) is 8.42 Å². The number of likely N-dealkylation sites (tertiary alicyclic amines) is 1. The van der Waals surface area contributed by atoms with Crippen LogP contribution in [0.3, 0.4) is 0 Å². The van der Waals surface area contributed by atoms with Crippen molar-refractivity contribution in [3.8, 4) is 0 Å². The van der Waals surface area contributed by atoms with Crippen LogP contribution in [0.1, 0.15) is 23.1 Å². The minimum absolute atomic E-state index is 0. The van der Waals surface area contributed by atoms with E-state index in [0.717, 1.165) is 31.6 Å². The number of sulfonamides is 1. The van der Waals surface area contributed by atoms with Crippen LogP contribution in [0.5, 0.6) is 0 Å². The van der Waals surface area contributed by atoms with Crippen LogP contribution in [-0.2, 0) is 36.5 Å². The highest BCUT2D eigenvalue weighted by molar-refractivity contribution is 7.89.